The van der Waals surface area contributed by atoms with Crippen LogP contribution in [0.3, 0.4) is 0 Å². The van der Waals surface area contributed by atoms with Gasteiger partial charge in [0.05, 0.1) is 5.56 Å². The Morgan fingerprint density at radius 1 is 1.61 bits per heavy atom. The number of hydrogen-bond acceptors (Lipinski definition) is 4. The van der Waals surface area contributed by atoms with E-state index in [4.69, 9.17) is 10.5 Å². The predicted molar refractivity (Wildman–Crippen MR) is 70.4 cm³/mol. The van der Waals surface area contributed by atoms with Crippen molar-refractivity contribution < 1.29 is 9.53 Å². The van der Waals surface area contributed by atoms with E-state index in [0.29, 0.717) is 11.5 Å². The molecule has 1 aromatic rings. The number of carbonyl (C=O) groups is 1. The van der Waals surface area contributed by atoms with Gasteiger partial charge in [-0.05, 0) is 37.3 Å². The molecule has 0 saturated heterocycles. The van der Waals surface area contributed by atoms with E-state index in [0.717, 1.165) is 25.7 Å². The van der Waals surface area contributed by atoms with Crippen LogP contribution in [0.1, 0.15) is 43.0 Å². The third-order valence-corrected chi connectivity index (χ3v) is 3.84. The topological polar surface area (TPSA) is 65.2 Å². The summed E-state index contributed by atoms with van der Waals surface area (Å²) in [5.74, 6) is 0.764. The van der Waals surface area contributed by atoms with Crippen molar-refractivity contribution in [2.45, 2.75) is 38.2 Å². The summed E-state index contributed by atoms with van der Waals surface area (Å²) >= 11 is 0. The summed E-state index contributed by atoms with van der Waals surface area (Å²) in [5, 5.41) is 0. The Labute approximate surface area is 108 Å². The van der Waals surface area contributed by atoms with Gasteiger partial charge in [0, 0.05) is 13.3 Å². The molecule has 2 rings (SSSR count). The van der Waals surface area contributed by atoms with Crippen LogP contribution in [-0.2, 0) is 4.74 Å². The number of nitrogens with two attached hydrogens (primary N) is 1. The van der Waals surface area contributed by atoms with Gasteiger partial charge in [-0.2, -0.15) is 0 Å². The molecule has 0 bridgehead atoms. The Balaban J connectivity index is 2.33. The van der Waals surface area contributed by atoms with Gasteiger partial charge in [0.25, 0.3) is 0 Å². The fourth-order valence-electron chi connectivity index (χ4n) is 2.84. The van der Waals surface area contributed by atoms with Crippen molar-refractivity contribution in [1.82, 2.24) is 4.98 Å². The lowest BCUT2D eigenvalue weighted by Crippen LogP contribution is -2.45. The summed E-state index contributed by atoms with van der Waals surface area (Å²) in [6, 6.07) is 3.46. The summed E-state index contributed by atoms with van der Waals surface area (Å²) in [6.07, 6.45) is 5.29. The van der Waals surface area contributed by atoms with Crippen LogP contribution < -0.4 is 5.73 Å². The van der Waals surface area contributed by atoms with Gasteiger partial charge in [-0.3, -0.25) is 4.79 Å². The number of ketones is 1. The summed E-state index contributed by atoms with van der Waals surface area (Å²) in [4.78, 5) is 16.7. The first-order valence-corrected chi connectivity index (χ1v) is 6.39. The normalized spacial score (nSPS) is 28.0. The number of ether oxygens (including phenoxy) is 1. The minimum absolute atomic E-state index is 0.0258. The number of methoxy groups -OCH3 is 1. The lowest BCUT2D eigenvalue weighted by atomic mass is 9.75. The number of carbonyl (C=O) groups excluding carboxylic acids is 1. The number of pyridine rings is 1. The molecule has 98 valence electrons. The van der Waals surface area contributed by atoms with Crippen LogP contribution in [0.15, 0.2) is 18.3 Å². The maximum absolute atomic E-state index is 12.7. The molecule has 2 N–H and O–H groups in total. The van der Waals surface area contributed by atoms with E-state index in [1.807, 2.05) is 0 Å². The van der Waals surface area contributed by atoms with Gasteiger partial charge in [0.1, 0.15) is 11.4 Å². The van der Waals surface area contributed by atoms with Crippen molar-refractivity contribution in [3.8, 4) is 0 Å². The Bertz CT molecular complexity index is 447. The highest BCUT2D eigenvalue weighted by Crippen LogP contribution is 2.37. The monoisotopic (exact) mass is 248 g/mol. The molecule has 0 spiro atoms. The summed E-state index contributed by atoms with van der Waals surface area (Å²) in [7, 11) is 1.61. The first kappa shape index (κ1) is 13.0. The van der Waals surface area contributed by atoms with Gasteiger partial charge in [-0.1, -0.05) is 13.3 Å². The van der Waals surface area contributed by atoms with Crippen molar-refractivity contribution in [2.75, 3.05) is 12.8 Å². The number of nitrogens with zero attached hydrogens (tertiary/aromatic N) is 1. The molecule has 2 atom stereocenters. The Morgan fingerprint density at radius 3 is 3.00 bits per heavy atom. The molecule has 1 fully saturated rings. The first-order chi connectivity index (χ1) is 8.59. The molecule has 1 saturated carbocycles. The second kappa shape index (κ2) is 5.06. The minimum Gasteiger partial charge on any atom is -0.383 e. The van der Waals surface area contributed by atoms with Crippen molar-refractivity contribution in [1.29, 1.82) is 0 Å². The largest absolute Gasteiger partial charge is 0.383 e. The molecule has 1 heterocycles. The van der Waals surface area contributed by atoms with Crippen molar-refractivity contribution in [3.05, 3.63) is 23.9 Å². The molecule has 18 heavy (non-hydrogen) atoms. The molecule has 0 aromatic carbocycles. The molecule has 2 unspecified atom stereocenters. The second-order valence-corrected chi connectivity index (χ2v) is 5.17. The van der Waals surface area contributed by atoms with E-state index in [9.17, 15) is 4.79 Å². The van der Waals surface area contributed by atoms with Crippen LogP contribution in [0.25, 0.3) is 0 Å². The number of rotatable bonds is 3. The van der Waals surface area contributed by atoms with Crippen molar-refractivity contribution in [2.24, 2.45) is 5.92 Å². The lowest BCUT2D eigenvalue weighted by molar-refractivity contribution is -0.0302. The minimum atomic E-state index is -0.713. The second-order valence-electron chi connectivity index (χ2n) is 5.17. The molecule has 4 nitrogen and oxygen atoms in total. The van der Waals surface area contributed by atoms with Gasteiger partial charge in [-0.25, -0.2) is 4.98 Å². The Hall–Kier alpha value is -1.42. The summed E-state index contributed by atoms with van der Waals surface area (Å²) in [5.41, 5.74) is 5.56. The molecule has 0 radical (unpaired) electrons. The van der Waals surface area contributed by atoms with E-state index >= 15 is 0 Å². The zero-order valence-electron chi connectivity index (χ0n) is 11.0. The highest BCUT2D eigenvalue weighted by atomic mass is 16.5. The molecule has 4 heteroatoms. The van der Waals surface area contributed by atoms with Gasteiger partial charge in [0.2, 0.25) is 0 Å². The highest BCUT2D eigenvalue weighted by Gasteiger charge is 2.42. The number of anilines is 1. The van der Waals surface area contributed by atoms with E-state index in [1.54, 1.807) is 25.4 Å². The first-order valence-electron chi connectivity index (χ1n) is 6.39. The zero-order valence-corrected chi connectivity index (χ0v) is 11.0. The lowest BCUT2D eigenvalue weighted by Gasteiger charge is -2.37. The number of nitrogen functional groups attached to an aromatic ring is 1. The molecule has 1 aliphatic rings. The predicted octanol–water partition coefficient (Wildman–Crippen LogP) is 2.44. The van der Waals surface area contributed by atoms with Crippen LogP contribution in [0.4, 0.5) is 5.82 Å². The van der Waals surface area contributed by atoms with Crippen molar-refractivity contribution in [3.63, 3.8) is 0 Å². The van der Waals surface area contributed by atoms with E-state index in [1.165, 1.54) is 0 Å². The number of aromatic nitrogens is 1. The quantitative estimate of drug-likeness (QED) is 0.834. The number of hydrogen-bond donors (Lipinski definition) is 1. The van der Waals surface area contributed by atoms with Crippen LogP contribution in [0.2, 0.25) is 0 Å². The van der Waals surface area contributed by atoms with Crippen LogP contribution in [-0.4, -0.2) is 23.5 Å². The average molecular weight is 248 g/mol. The Kier molecular flexibility index (Phi) is 3.66. The summed E-state index contributed by atoms with van der Waals surface area (Å²) < 4.78 is 5.59. The molecular weight excluding hydrogens is 228 g/mol. The third kappa shape index (κ3) is 2.25. The smallest absolute Gasteiger partial charge is 0.198 e. The zero-order chi connectivity index (χ0) is 13.2. The standard InChI is InChI=1S/C14H20N2O2/c1-10-5-3-7-14(9-10,18-2)12(17)11-6-4-8-16-13(11)15/h4,6,8,10H,3,5,7,9H2,1-2H3,(H2,15,16). The van der Waals surface area contributed by atoms with Gasteiger partial charge in [-0.15, -0.1) is 0 Å². The van der Waals surface area contributed by atoms with Crippen molar-refractivity contribution >= 4 is 11.6 Å². The molecule has 0 aliphatic heterocycles. The fraction of sp³-hybridized carbons (Fsp3) is 0.571. The van der Waals surface area contributed by atoms with Gasteiger partial charge in [0.15, 0.2) is 5.78 Å². The number of Topliss-reactive ketones (excluding diaryl/α,β-unsaturated/α-hetero) is 1. The average Bonchev–Trinajstić information content (AvgIpc) is 2.38. The van der Waals surface area contributed by atoms with E-state index in [2.05, 4.69) is 11.9 Å². The molecule has 1 aliphatic carbocycles. The SMILES string of the molecule is COC1(C(=O)c2cccnc2N)CCCC(C)C1. The Morgan fingerprint density at radius 2 is 2.39 bits per heavy atom. The molecular formula is C14H20N2O2. The van der Waals surface area contributed by atoms with E-state index < -0.39 is 5.60 Å². The molecule has 0 amide bonds. The fourth-order valence-corrected chi connectivity index (χ4v) is 2.84. The summed E-state index contributed by atoms with van der Waals surface area (Å²) in [6.45, 7) is 2.16. The maximum atomic E-state index is 12.7. The van der Waals surface area contributed by atoms with Crippen LogP contribution in [0.5, 0.6) is 0 Å². The van der Waals surface area contributed by atoms with Gasteiger partial charge < -0.3 is 10.5 Å². The van der Waals surface area contributed by atoms with E-state index in [-0.39, 0.29) is 11.6 Å². The highest BCUT2D eigenvalue weighted by molar-refractivity contribution is 6.05. The third-order valence-electron chi connectivity index (χ3n) is 3.84. The van der Waals surface area contributed by atoms with Crippen LogP contribution in [0, 0.1) is 5.92 Å². The van der Waals surface area contributed by atoms with Crippen LogP contribution >= 0.6 is 0 Å². The van der Waals surface area contributed by atoms with Gasteiger partial charge >= 0.3 is 0 Å². The maximum Gasteiger partial charge on any atom is 0.198 e. The molecule has 1 aromatic heterocycles.